The average Bonchev–Trinajstić information content (AvgIpc) is 3.21. The molecule has 1 aliphatic carbocycles. The van der Waals surface area contributed by atoms with Crippen LogP contribution < -0.4 is 10.6 Å². The van der Waals surface area contributed by atoms with Gasteiger partial charge in [-0.25, -0.2) is 8.42 Å². The Hall–Kier alpha value is -0.820. The van der Waals surface area contributed by atoms with Crippen LogP contribution in [0.3, 0.4) is 0 Å². The van der Waals surface area contributed by atoms with Gasteiger partial charge in [0.2, 0.25) is 0 Å². The Kier molecular flexibility index (Phi) is 6.71. The summed E-state index contributed by atoms with van der Waals surface area (Å²) in [5.41, 5.74) is 0. The van der Waals surface area contributed by atoms with E-state index in [1.807, 2.05) is 13.8 Å². The summed E-state index contributed by atoms with van der Waals surface area (Å²) >= 11 is 0. The molecule has 1 aliphatic heterocycles. The van der Waals surface area contributed by atoms with E-state index in [1.54, 1.807) is 0 Å². The van der Waals surface area contributed by atoms with Crippen LogP contribution in [0.5, 0.6) is 0 Å². The van der Waals surface area contributed by atoms with Gasteiger partial charge in [-0.15, -0.1) is 0 Å². The normalized spacial score (nSPS) is 24.7. The molecular weight excluding hydrogens is 312 g/mol. The molecule has 0 radical (unpaired) electrons. The van der Waals surface area contributed by atoms with E-state index < -0.39 is 9.84 Å². The molecule has 23 heavy (non-hydrogen) atoms. The van der Waals surface area contributed by atoms with Gasteiger partial charge in [-0.2, -0.15) is 0 Å². The third-order valence-corrected chi connectivity index (χ3v) is 5.51. The molecule has 0 aromatic carbocycles. The molecule has 2 unspecified atom stereocenters. The van der Waals surface area contributed by atoms with Crippen molar-refractivity contribution in [1.29, 1.82) is 0 Å². The first-order valence-corrected chi connectivity index (χ1v) is 10.9. The molecule has 1 saturated heterocycles. The zero-order valence-corrected chi connectivity index (χ0v) is 15.5. The van der Waals surface area contributed by atoms with Crippen molar-refractivity contribution in [2.45, 2.75) is 51.6 Å². The molecule has 1 saturated carbocycles. The lowest BCUT2D eigenvalue weighted by Gasteiger charge is -2.18. The largest absolute Gasteiger partial charge is 0.357 e. The second-order valence-corrected chi connectivity index (χ2v) is 9.32. The summed E-state index contributed by atoms with van der Waals surface area (Å²) in [5, 5.41) is 6.58. The van der Waals surface area contributed by atoms with Crippen LogP contribution in [0.1, 0.15) is 39.5 Å². The lowest BCUT2D eigenvalue weighted by Crippen LogP contribution is -2.43. The van der Waals surface area contributed by atoms with E-state index in [9.17, 15) is 8.42 Å². The van der Waals surface area contributed by atoms with E-state index in [2.05, 4.69) is 15.5 Å². The number of rotatable bonds is 8. The molecule has 0 bridgehead atoms. The zero-order chi connectivity index (χ0) is 16.9. The summed E-state index contributed by atoms with van der Waals surface area (Å²) in [6.07, 6.45) is 5.87. The Labute approximate surface area is 141 Å². The summed E-state index contributed by atoms with van der Waals surface area (Å²) in [5.74, 6) is 1.66. The van der Waals surface area contributed by atoms with E-state index in [1.165, 1.54) is 38.6 Å². The third-order valence-electron chi connectivity index (χ3n) is 4.54. The topological polar surface area (TPSA) is 73.8 Å². The summed E-state index contributed by atoms with van der Waals surface area (Å²) in [6.45, 7) is 8.10. The first kappa shape index (κ1) is 18.5. The minimum Gasteiger partial charge on any atom is -0.357 e. The van der Waals surface area contributed by atoms with Crippen molar-refractivity contribution in [2.75, 3.05) is 38.2 Å². The average molecular weight is 345 g/mol. The van der Waals surface area contributed by atoms with Crippen LogP contribution in [0.4, 0.5) is 0 Å². The Morgan fingerprint density at radius 2 is 2.09 bits per heavy atom. The molecule has 0 spiro atoms. The van der Waals surface area contributed by atoms with Crippen molar-refractivity contribution in [2.24, 2.45) is 10.9 Å². The highest BCUT2D eigenvalue weighted by atomic mass is 32.2. The molecule has 0 aromatic heterocycles. The highest BCUT2D eigenvalue weighted by Crippen LogP contribution is 2.31. The Balaban J connectivity index is 1.77. The zero-order valence-electron chi connectivity index (χ0n) is 14.7. The molecule has 2 aliphatic rings. The Morgan fingerprint density at radius 1 is 1.35 bits per heavy atom. The van der Waals surface area contributed by atoms with E-state index in [4.69, 9.17) is 4.99 Å². The number of likely N-dealkylation sites (tertiary alicyclic amines) is 1. The molecule has 6 nitrogen and oxygen atoms in total. The molecule has 0 aromatic rings. The first-order valence-electron chi connectivity index (χ1n) is 8.84. The Bertz CT molecular complexity index is 502. The third kappa shape index (κ3) is 7.08. The van der Waals surface area contributed by atoms with Gasteiger partial charge in [0.25, 0.3) is 0 Å². The summed E-state index contributed by atoms with van der Waals surface area (Å²) in [4.78, 5) is 7.32. The maximum Gasteiger partial charge on any atom is 0.191 e. The van der Waals surface area contributed by atoms with Crippen molar-refractivity contribution >= 4 is 15.8 Å². The maximum atomic E-state index is 11.3. The molecule has 2 fully saturated rings. The van der Waals surface area contributed by atoms with E-state index in [0.29, 0.717) is 12.3 Å². The number of nitrogens with one attached hydrogen (secondary N) is 2. The van der Waals surface area contributed by atoms with Crippen LogP contribution in [0, 0.1) is 5.92 Å². The fourth-order valence-corrected chi connectivity index (χ4v) is 3.80. The summed E-state index contributed by atoms with van der Waals surface area (Å²) in [7, 11) is -2.91. The smallest absolute Gasteiger partial charge is 0.191 e. The van der Waals surface area contributed by atoms with Crippen LogP contribution in [0.15, 0.2) is 4.99 Å². The number of guanidine groups is 1. The van der Waals surface area contributed by atoms with Gasteiger partial charge in [0, 0.05) is 38.0 Å². The fraction of sp³-hybridized carbons (Fsp3) is 0.938. The van der Waals surface area contributed by atoms with E-state index in [0.717, 1.165) is 25.1 Å². The minimum atomic E-state index is -2.91. The number of nitrogens with zero attached hydrogens (tertiary/aromatic N) is 2. The number of hydrogen-bond acceptors (Lipinski definition) is 4. The lowest BCUT2D eigenvalue weighted by atomic mass is 10.1. The lowest BCUT2D eigenvalue weighted by molar-refractivity contribution is 0.315. The minimum absolute atomic E-state index is 0.0917. The van der Waals surface area contributed by atoms with Crippen molar-refractivity contribution in [3.05, 3.63) is 0 Å². The second kappa shape index (κ2) is 8.33. The van der Waals surface area contributed by atoms with Gasteiger partial charge in [0.15, 0.2) is 5.96 Å². The highest BCUT2D eigenvalue weighted by Gasteiger charge is 2.34. The van der Waals surface area contributed by atoms with E-state index in [-0.39, 0.29) is 11.8 Å². The quantitative estimate of drug-likeness (QED) is 0.504. The summed E-state index contributed by atoms with van der Waals surface area (Å²) in [6, 6.07) is 0.945. The van der Waals surface area contributed by atoms with Crippen LogP contribution in [-0.2, 0) is 9.84 Å². The van der Waals surface area contributed by atoms with Crippen LogP contribution >= 0.6 is 0 Å². The highest BCUT2D eigenvalue weighted by molar-refractivity contribution is 7.90. The van der Waals surface area contributed by atoms with Crippen molar-refractivity contribution in [1.82, 2.24) is 15.5 Å². The molecule has 2 rings (SSSR count). The SMILES string of the molecule is CCNC(=NCC1CCN(C2CC2)C1)NC(C)CCS(C)(=O)=O. The van der Waals surface area contributed by atoms with Gasteiger partial charge < -0.3 is 15.5 Å². The van der Waals surface area contributed by atoms with Gasteiger partial charge in [-0.3, -0.25) is 4.99 Å². The van der Waals surface area contributed by atoms with Gasteiger partial charge in [-0.05, 0) is 52.0 Å². The monoisotopic (exact) mass is 344 g/mol. The summed E-state index contributed by atoms with van der Waals surface area (Å²) < 4.78 is 22.5. The predicted octanol–water partition coefficient (Wildman–Crippen LogP) is 0.849. The molecule has 134 valence electrons. The predicted molar refractivity (Wildman–Crippen MR) is 95.6 cm³/mol. The number of aliphatic imine (C=N–C) groups is 1. The van der Waals surface area contributed by atoms with E-state index >= 15 is 0 Å². The molecular formula is C16H32N4O2S. The van der Waals surface area contributed by atoms with Gasteiger partial charge >= 0.3 is 0 Å². The molecule has 2 atom stereocenters. The number of sulfone groups is 1. The van der Waals surface area contributed by atoms with Gasteiger partial charge in [0.1, 0.15) is 9.84 Å². The first-order chi connectivity index (χ1) is 10.9. The van der Waals surface area contributed by atoms with Crippen LogP contribution in [-0.4, -0.2) is 69.5 Å². The van der Waals surface area contributed by atoms with Crippen LogP contribution in [0.2, 0.25) is 0 Å². The standard InChI is InChI=1S/C16H32N4O2S/c1-4-17-16(19-13(2)8-10-23(3,21)22)18-11-14-7-9-20(12-14)15-5-6-15/h13-15H,4-12H2,1-3H3,(H2,17,18,19). The van der Waals surface area contributed by atoms with Crippen molar-refractivity contribution < 1.29 is 8.42 Å². The maximum absolute atomic E-state index is 11.3. The second-order valence-electron chi connectivity index (χ2n) is 7.06. The molecule has 7 heteroatoms. The molecule has 1 heterocycles. The van der Waals surface area contributed by atoms with Crippen LogP contribution in [0.25, 0.3) is 0 Å². The fourth-order valence-electron chi connectivity index (χ4n) is 3.02. The Morgan fingerprint density at radius 3 is 2.70 bits per heavy atom. The van der Waals surface area contributed by atoms with Gasteiger partial charge in [0.05, 0.1) is 5.75 Å². The van der Waals surface area contributed by atoms with Crippen molar-refractivity contribution in [3.63, 3.8) is 0 Å². The number of hydrogen-bond donors (Lipinski definition) is 2. The molecule has 2 N–H and O–H groups in total. The molecule has 0 amide bonds. The van der Waals surface area contributed by atoms with Crippen molar-refractivity contribution in [3.8, 4) is 0 Å². The van der Waals surface area contributed by atoms with Gasteiger partial charge in [-0.1, -0.05) is 0 Å².